The summed E-state index contributed by atoms with van der Waals surface area (Å²) < 4.78 is 5.58. The predicted octanol–water partition coefficient (Wildman–Crippen LogP) is 4.69. The Balaban J connectivity index is 1.71. The standard InChI is InChI=1S/C24H30ClN3O3/c1-4-16-31-19-10-8-18(9-11-19)23(29)26-21-7-5-6-20(25)22(21)27-12-14-28(15-13-27)24(30)17(2)3/h5-11,17H,4,12-16H2,1-3H3,(H,26,29). The van der Waals surface area contributed by atoms with Gasteiger partial charge in [0.2, 0.25) is 5.91 Å². The number of hydrogen-bond donors (Lipinski definition) is 1. The molecule has 0 bridgehead atoms. The zero-order valence-electron chi connectivity index (χ0n) is 18.4. The fourth-order valence-electron chi connectivity index (χ4n) is 3.57. The summed E-state index contributed by atoms with van der Waals surface area (Å²) in [5.74, 6) is 0.689. The minimum absolute atomic E-state index is 0.0135. The van der Waals surface area contributed by atoms with Crippen molar-refractivity contribution in [3.05, 3.63) is 53.1 Å². The molecule has 0 aliphatic carbocycles. The molecule has 0 saturated carbocycles. The lowest BCUT2D eigenvalue weighted by Crippen LogP contribution is -2.50. The number of ether oxygens (including phenoxy) is 1. The third-order valence-corrected chi connectivity index (χ3v) is 5.53. The van der Waals surface area contributed by atoms with E-state index in [1.807, 2.05) is 43.9 Å². The largest absolute Gasteiger partial charge is 0.494 e. The summed E-state index contributed by atoms with van der Waals surface area (Å²) >= 11 is 6.52. The van der Waals surface area contributed by atoms with Crippen LogP contribution in [0.3, 0.4) is 0 Å². The number of benzene rings is 2. The van der Waals surface area contributed by atoms with Gasteiger partial charge in [-0.05, 0) is 42.8 Å². The number of amides is 2. The van der Waals surface area contributed by atoms with Crippen LogP contribution in [0.5, 0.6) is 5.75 Å². The van der Waals surface area contributed by atoms with Crippen LogP contribution >= 0.6 is 11.6 Å². The summed E-state index contributed by atoms with van der Waals surface area (Å²) in [5, 5.41) is 3.57. The predicted molar refractivity (Wildman–Crippen MR) is 125 cm³/mol. The molecule has 0 unspecified atom stereocenters. The minimum atomic E-state index is -0.209. The summed E-state index contributed by atoms with van der Waals surface area (Å²) in [6, 6.07) is 12.6. The van der Waals surface area contributed by atoms with Crippen LogP contribution < -0.4 is 15.0 Å². The zero-order valence-corrected chi connectivity index (χ0v) is 19.1. The van der Waals surface area contributed by atoms with Crippen LogP contribution in [0.4, 0.5) is 11.4 Å². The number of nitrogens with one attached hydrogen (secondary N) is 1. The lowest BCUT2D eigenvalue weighted by atomic mass is 10.1. The minimum Gasteiger partial charge on any atom is -0.494 e. The molecule has 31 heavy (non-hydrogen) atoms. The number of nitrogens with zero attached hydrogens (tertiary/aromatic N) is 2. The summed E-state index contributed by atoms with van der Waals surface area (Å²) in [6.07, 6.45) is 0.930. The molecule has 1 fully saturated rings. The molecule has 0 aromatic heterocycles. The van der Waals surface area contributed by atoms with Gasteiger partial charge in [-0.3, -0.25) is 9.59 Å². The first-order chi connectivity index (χ1) is 14.9. The molecular weight excluding hydrogens is 414 g/mol. The van der Waals surface area contributed by atoms with Crippen molar-refractivity contribution in [3.8, 4) is 5.75 Å². The van der Waals surface area contributed by atoms with E-state index in [1.165, 1.54) is 0 Å². The fourth-order valence-corrected chi connectivity index (χ4v) is 3.86. The highest BCUT2D eigenvalue weighted by molar-refractivity contribution is 6.34. The molecule has 7 heteroatoms. The Morgan fingerprint density at radius 1 is 1.06 bits per heavy atom. The third-order valence-electron chi connectivity index (χ3n) is 5.23. The third kappa shape index (κ3) is 5.70. The molecule has 1 N–H and O–H groups in total. The van der Waals surface area contributed by atoms with Crippen molar-refractivity contribution in [1.82, 2.24) is 4.90 Å². The van der Waals surface area contributed by atoms with Gasteiger partial charge in [-0.2, -0.15) is 0 Å². The number of carbonyl (C=O) groups is 2. The van der Waals surface area contributed by atoms with Crippen LogP contribution in [0.1, 0.15) is 37.6 Å². The van der Waals surface area contributed by atoms with E-state index in [4.69, 9.17) is 16.3 Å². The molecule has 0 spiro atoms. The van der Waals surface area contributed by atoms with Crippen molar-refractivity contribution in [2.45, 2.75) is 27.2 Å². The number of anilines is 2. The maximum atomic E-state index is 12.8. The Bertz CT molecular complexity index is 907. The van der Waals surface area contributed by atoms with E-state index in [-0.39, 0.29) is 17.7 Å². The highest BCUT2D eigenvalue weighted by atomic mass is 35.5. The monoisotopic (exact) mass is 443 g/mol. The fraction of sp³-hybridized carbons (Fsp3) is 0.417. The van der Waals surface area contributed by atoms with E-state index >= 15 is 0 Å². The lowest BCUT2D eigenvalue weighted by Gasteiger charge is -2.38. The summed E-state index contributed by atoms with van der Waals surface area (Å²) in [7, 11) is 0. The van der Waals surface area contributed by atoms with Crippen molar-refractivity contribution in [1.29, 1.82) is 0 Å². The van der Waals surface area contributed by atoms with Gasteiger partial charge >= 0.3 is 0 Å². The molecule has 2 amide bonds. The molecule has 1 aliphatic rings. The Labute approximate surface area is 189 Å². The van der Waals surface area contributed by atoms with Crippen LogP contribution in [0.25, 0.3) is 0 Å². The first-order valence-corrected chi connectivity index (χ1v) is 11.1. The van der Waals surface area contributed by atoms with E-state index in [2.05, 4.69) is 10.2 Å². The number of rotatable bonds is 7. The molecule has 2 aromatic rings. The average Bonchev–Trinajstić information content (AvgIpc) is 2.78. The van der Waals surface area contributed by atoms with E-state index in [0.717, 1.165) is 17.9 Å². The molecule has 6 nitrogen and oxygen atoms in total. The first-order valence-electron chi connectivity index (χ1n) is 10.8. The van der Waals surface area contributed by atoms with Gasteiger partial charge in [-0.1, -0.05) is 38.4 Å². The Morgan fingerprint density at radius 3 is 2.35 bits per heavy atom. The van der Waals surface area contributed by atoms with Crippen molar-refractivity contribution in [3.63, 3.8) is 0 Å². The summed E-state index contributed by atoms with van der Waals surface area (Å²) in [4.78, 5) is 29.1. The quantitative estimate of drug-likeness (QED) is 0.674. The summed E-state index contributed by atoms with van der Waals surface area (Å²) in [5.41, 5.74) is 1.99. The second kappa shape index (κ2) is 10.5. The van der Waals surface area contributed by atoms with Gasteiger partial charge in [0, 0.05) is 37.7 Å². The molecule has 0 atom stereocenters. The van der Waals surface area contributed by atoms with Crippen LogP contribution in [0.2, 0.25) is 5.02 Å². The number of hydrogen-bond acceptors (Lipinski definition) is 4. The maximum absolute atomic E-state index is 12.8. The first kappa shape index (κ1) is 22.9. The van der Waals surface area contributed by atoms with Crippen LogP contribution in [-0.2, 0) is 4.79 Å². The second-order valence-corrected chi connectivity index (χ2v) is 8.34. The molecule has 1 heterocycles. The van der Waals surface area contributed by atoms with Crippen molar-refractivity contribution in [2.75, 3.05) is 43.0 Å². The molecule has 166 valence electrons. The van der Waals surface area contributed by atoms with Gasteiger partial charge in [-0.15, -0.1) is 0 Å². The Hall–Kier alpha value is -2.73. The smallest absolute Gasteiger partial charge is 0.255 e. The average molecular weight is 444 g/mol. The Kier molecular flexibility index (Phi) is 7.80. The zero-order chi connectivity index (χ0) is 22.4. The van der Waals surface area contributed by atoms with Gasteiger partial charge < -0.3 is 19.9 Å². The highest BCUT2D eigenvalue weighted by Crippen LogP contribution is 2.35. The van der Waals surface area contributed by atoms with E-state index in [1.54, 1.807) is 24.3 Å². The van der Waals surface area contributed by atoms with Crippen molar-refractivity contribution in [2.24, 2.45) is 5.92 Å². The van der Waals surface area contributed by atoms with E-state index in [9.17, 15) is 9.59 Å². The van der Waals surface area contributed by atoms with Gasteiger partial charge in [0.05, 0.1) is 23.0 Å². The van der Waals surface area contributed by atoms with Gasteiger partial charge in [0.15, 0.2) is 0 Å². The van der Waals surface area contributed by atoms with Crippen LogP contribution in [0.15, 0.2) is 42.5 Å². The second-order valence-electron chi connectivity index (χ2n) is 7.93. The topological polar surface area (TPSA) is 61.9 Å². The Morgan fingerprint density at radius 2 is 1.74 bits per heavy atom. The molecule has 2 aromatic carbocycles. The maximum Gasteiger partial charge on any atom is 0.255 e. The van der Waals surface area contributed by atoms with Gasteiger partial charge in [0.1, 0.15) is 5.75 Å². The van der Waals surface area contributed by atoms with Crippen molar-refractivity contribution >= 4 is 34.8 Å². The number of para-hydroxylation sites is 1. The van der Waals surface area contributed by atoms with Gasteiger partial charge in [-0.25, -0.2) is 0 Å². The van der Waals surface area contributed by atoms with E-state index in [0.29, 0.717) is 49.1 Å². The number of piperazine rings is 1. The highest BCUT2D eigenvalue weighted by Gasteiger charge is 2.25. The number of carbonyl (C=O) groups excluding carboxylic acids is 2. The molecular formula is C24H30ClN3O3. The lowest BCUT2D eigenvalue weighted by molar-refractivity contribution is -0.134. The normalized spacial score (nSPS) is 14.0. The van der Waals surface area contributed by atoms with Crippen LogP contribution in [-0.4, -0.2) is 49.5 Å². The molecule has 3 rings (SSSR count). The number of halogens is 1. The van der Waals surface area contributed by atoms with Gasteiger partial charge in [0.25, 0.3) is 5.91 Å². The molecule has 0 radical (unpaired) electrons. The summed E-state index contributed by atoms with van der Waals surface area (Å²) in [6.45, 7) is 9.12. The molecule has 1 aliphatic heterocycles. The molecule has 1 saturated heterocycles. The van der Waals surface area contributed by atoms with Crippen molar-refractivity contribution < 1.29 is 14.3 Å². The van der Waals surface area contributed by atoms with Crippen LogP contribution in [0, 0.1) is 5.92 Å². The SMILES string of the molecule is CCCOc1ccc(C(=O)Nc2cccc(Cl)c2N2CCN(C(=O)C(C)C)CC2)cc1. The van der Waals surface area contributed by atoms with E-state index < -0.39 is 0 Å².